The van der Waals surface area contributed by atoms with E-state index in [0.29, 0.717) is 29.1 Å². The maximum atomic E-state index is 12.4. The summed E-state index contributed by atoms with van der Waals surface area (Å²) in [4.78, 5) is 12.4. The lowest BCUT2D eigenvalue weighted by Crippen LogP contribution is -2.55. The van der Waals surface area contributed by atoms with E-state index < -0.39 is 0 Å². The van der Waals surface area contributed by atoms with Crippen molar-refractivity contribution in [3.8, 4) is 0 Å². The van der Waals surface area contributed by atoms with Gasteiger partial charge in [-0.15, -0.1) is 0 Å². The number of rotatable bonds is 4. The zero-order valence-corrected chi connectivity index (χ0v) is 22.1. The second-order valence-corrected chi connectivity index (χ2v) is 13.4. The molecule has 3 aliphatic carbocycles. The molecule has 1 aliphatic heterocycles. The van der Waals surface area contributed by atoms with E-state index in [0.717, 1.165) is 24.7 Å². The summed E-state index contributed by atoms with van der Waals surface area (Å²) >= 11 is 0. The largest absolute Gasteiger partial charge is 0.459 e. The van der Waals surface area contributed by atoms with Crippen LogP contribution in [0.15, 0.2) is 23.3 Å². The van der Waals surface area contributed by atoms with Crippen LogP contribution in [0.25, 0.3) is 0 Å². The van der Waals surface area contributed by atoms with Crippen molar-refractivity contribution in [2.24, 2.45) is 39.9 Å². The molecule has 0 unspecified atom stereocenters. The third-order valence-corrected chi connectivity index (χ3v) is 11.1. The lowest BCUT2D eigenvalue weighted by atomic mass is 9.44. The van der Waals surface area contributed by atoms with Gasteiger partial charge in [-0.1, -0.05) is 51.0 Å². The highest BCUT2D eigenvalue weighted by atomic mass is 16.6. The van der Waals surface area contributed by atoms with Gasteiger partial charge in [-0.25, -0.2) is 0 Å². The van der Waals surface area contributed by atoms with Crippen LogP contribution >= 0.6 is 0 Å². The summed E-state index contributed by atoms with van der Waals surface area (Å²) in [5, 5.41) is 0. The Morgan fingerprint density at radius 2 is 1.84 bits per heavy atom. The van der Waals surface area contributed by atoms with Gasteiger partial charge in [-0.3, -0.25) is 4.79 Å². The Kier molecular flexibility index (Phi) is 6.04. The van der Waals surface area contributed by atoms with Crippen molar-refractivity contribution in [2.75, 3.05) is 0 Å². The number of esters is 1. The summed E-state index contributed by atoms with van der Waals surface area (Å²) in [6.07, 6.45) is 15.6. The highest BCUT2D eigenvalue weighted by molar-refractivity contribution is 5.70. The van der Waals surface area contributed by atoms with E-state index in [4.69, 9.17) is 4.74 Å². The summed E-state index contributed by atoms with van der Waals surface area (Å²) in [7, 11) is 0. The van der Waals surface area contributed by atoms with Gasteiger partial charge in [-0.2, -0.15) is 0 Å². The molecule has 2 heteroatoms. The molecule has 0 bridgehead atoms. The van der Waals surface area contributed by atoms with Crippen molar-refractivity contribution in [3.05, 3.63) is 23.3 Å². The Morgan fingerprint density at radius 3 is 2.53 bits per heavy atom. The van der Waals surface area contributed by atoms with Crippen molar-refractivity contribution in [3.63, 3.8) is 0 Å². The van der Waals surface area contributed by atoms with Crippen LogP contribution in [0.4, 0.5) is 0 Å². The maximum Gasteiger partial charge on any atom is 0.306 e. The summed E-state index contributed by atoms with van der Waals surface area (Å²) in [5.74, 6) is 2.63. The second kappa shape index (κ2) is 8.02. The van der Waals surface area contributed by atoms with Gasteiger partial charge in [0.2, 0.25) is 0 Å². The molecule has 0 amide bonds. The number of fused-ring (bicyclic) bond motifs is 5. The number of carbonyl (C=O) groups is 1. The molecule has 0 N–H and O–H groups in total. The van der Waals surface area contributed by atoms with Crippen molar-refractivity contribution in [2.45, 2.75) is 119 Å². The van der Waals surface area contributed by atoms with Crippen LogP contribution in [-0.2, 0) is 9.53 Å². The molecule has 0 aromatic rings. The summed E-state index contributed by atoms with van der Waals surface area (Å²) < 4.78 is 5.97. The van der Waals surface area contributed by atoms with Crippen LogP contribution in [0.2, 0.25) is 0 Å². The third-order valence-electron chi connectivity index (χ3n) is 11.1. The zero-order valence-electron chi connectivity index (χ0n) is 22.1. The smallest absolute Gasteiger partial charge is 0.306 e. The molecule has 0 aromatic carbocycles. The molecule has 0 radical (unpaired) electrons. The minimum absolute atomic E-state index is 0.00477. The first-order valence-corrected chi connectivity index (χ1v) is 13.4. The fourth-order valence-corrected chi connectivity index (χ4v) is 9.15. The van der Waals surface area contributed by atoms with Crippen LogP contribution < -0.4 is 0 Å². The van der Waals surface area contributed by atoms with E-state index in [-0.39, 0.29) is 17.0 Å². The van der Waals surface area contributed by atoms with Gasteiger partial charge < -0.3 is 4.74 Å². The first kappa shape index (κ1) is 24.1. The number of hydrogen-bond acceptors (Lipinski definition) is 2. The summed E-state index contributed by atoms with van der Waals surface area (Å²) in [6, 6.07) is 0. The SMILES string of the molecule is CC(C)=CCC[C@H](C)[C@@H]1CC[C@]2(C)C3=CC[C@@H]4C(C)(C)OC(=O)CC[C@]4(C)[C@@H]3CC[C@@]12C. The Bertz CT molecular complexity index is 815. The van der Waals surface area contributed by atoms with Gasteiger partial charge in [0.15, 0.2) is 0 Å². The van der Waals surface area contributed by atoms with E-state index >= 15 is 0 Å². The Labute approximate surface area is 197 Å². The minimum Gasteiger partial charge on any atom is -0.459 e. The third kappa shape index (κ3) is 3.54. The van der Waals surface area contributed by atoms with Gasteiger partial charge >= 0.3 is 5.97 Å². The zero-order chi connectivity index (χ0) is 23.5. The molecule has 3 fully saturated rings. The topological polar surface area (TPSA) is 26.3 Å². The molecule has 180 valence electrons. The van der Waals surface area contributed by atoms with Crippen molar-refractivity contribution in [1.29, 1.82) is 0 Å². The number of ether oxygens (including phenoxy) is 1. The average Bonchev–Trinajstić information content (AvgIpc) is 2.92. The van der Waals surface area contributed by atoms with E-state index in [2.05, 4.69) is 67.5 Å². The first-order chi connectivity index (χ1) is 14.8. The standard InChI is InChI=1S/C30H48O2/c1-20(2)10-9-11-21(3)22-14-18-30(8)24-12-13-25-27(4,5)32-26(31)16-17-28(25,6)23(24)15-19-29(22,30)7/h10,12,21-23,25H,9,11,13-19H2,1-8H3/t21-,22-,23+,25+,28+,29-,30+/m0/s1. The monoisotopic (exact) mass is 440 g/mol. The minimum atomic E-state index is -0.371. The van der Waals surface area contributed by atoms with Crippen LogP contribution in [0.5, 0.6) is 0 Å². The van der Waals surface area contributed by atoms with E-state index in [1.165, 1.54) is 44.1 Å². The van der Waals surface area contributed by atoms with E-state index in [1.807, 2.05) is 0 Å². The molecule has 1 heterocycles. The molecule has 2 saturated carbocycles. The number of hydrogen-bond donors (Lipinski definition) is 0. The Balaban J connectivity index is 1.64. The highest BCUT2D eigenvalue weighted by Crippen LogP contribution is 2.72. The molecular weight excluding hydrogens is 392 g/mol. The van der Waals surface area contributed by atoms with Gasteiger partial charge in [0.05, 0.1) is 0 Å². The van der Waals surface area contributed by atoms with Crippen LogP contribution in [0.1, 0.15) is 113 Å². The Morgan fingerprint density at radius 1 is 1.12 bits per heavy atom. The predicted molar refractivity (Wildman–Crippen MR) is 133 cm³/mol. The normalized spacial score (nSPS) is 43.7. The molecular formula is C30H48O2. The van der Waals surface area contributed by atoms with Crippen LogP contribution in [0.3, 0.4) is 0 Å². The second-order valence-electron chi connectivity index (χ2n) is 13.4. The van der Waals surface area contributed by atoms with E-state index in [1.54, 1.807) is 5.57 Å². The van der Waals surface area contributed by atoms with Gasteiger partial charge in [-0.05, 0) is 113 Å². The van der Waals surface area contributed by atoms with Crippen molar-refractivity contribution < 1.29 is 9.53 Å². The predicted octanol–water partition coefficient (Wildman–Crippen LogP) is 8.27. The molecule has 0 spiro atoms. The average molecular weight is 441 g/mol. The van der Waals surface area contributed by atoms with Crippen molar-refractivity contribution in [1.82, 2.24) is 0 Å². The quantitative estimate of drug-likeness (QED) is 0.325. The maximum absolute atomic E-state index is 12.4. The van der Waals surface area contributed by atoms with Gasteiger partial charge in [0.1, 0.15) is 5.60 Å². The molecule has 0 aromatic heterocycles. The summed E-state index contributed by atoms with van der Waals surface area (Å²) in [6.45, 7) is 19.0. The molecule has 1 saturated heterocycles. The number of cyclic esters (lactones) is 1. The Hall–Kier alpha value is -1.05. The lowest BCUT2D eigenvalue weighted by molar-refractivity contribution is -0.163. The molecule has 32 heavy (non-hydrogen) atoms. The molecule has 4 aliphatic rings. The highest BCUT2D eigenvalue weighted by Gasteiger charge is 2.64. The van der Waals surface area contributed by atoms with Crippen molar-refractivity contribution >= 4 is 5.97 Å². The summed E-state index contributed by atoms with van der Waals surface area (Å²) in [5.41, 5.74) is 3.70. The molecule has 2 nitrogen and oxygen atoms in total. The van der Waals surface area contributed by atoms with Crippen LogP contribution in [-0.4, -0.2) is 11.6 Å². The van der Waals surface area contributed by atoms with E-state index in [9.17, 15) is 4.79 Å². The van der Waals surface area contributed by atoms with Gasteiger partial charge in [0.25, 0.3) is 0 Å². The fourth-order valence-electron chi connectivity index (χ4n) is 9.15. The fraction of sp³-hybridized carbons (Fsp3) is 0.833. The van der Waals surface area contributed by atoms with Crippen LogP contribution in [0, 0.1) is 39.9 Å². The lowest BCUT2D eigenvalue weighted by Gasteiger charge is -2.61. The first-order valence-electron chi connectivity index (χ1n) is 13.4. The number of allylic oxidation sites excluding steroid dienone is 4. The van der Waals surface area contributed by atoms with Gasteiger partial charge in [0, 0.05) is 12.3 Å². The molecule has 4 rings (SSSR count). The number of carbonyl (C=O) groups excluding carboxylic acids is 1. The molecule has 7 atom stereocenters.